The fourth-order valence-electron chi connectivity index (χ4n) is 2.59. The Hall–Kier alpha value is -3.52. The Kier molecular flexibility index (Phi) is 4.17. The molecule has 0 saturated heterocycles. The Morgan fingerprint density at radius 1 is 1.30 bits per heavy atom. The second kappa shape index (κ2) is 6.65. The second-order valence-corrected chi connectivity index (χ2v) is 6.59. The van der Waals surface area contributed by atoms with Crippen molar-refractivity contribution in [1.29, 1.82) is 0 Å². The van der Waals surface area contributed by atoms with Crippen LogP contribution in [-0.4, -0.2) is 29.4 Å². The molecule has 0 bridgehead atoms. The summed E-state index contributed by atoms with van der Waals surface area (Å²) in [5.74, 6) is -0.631. The third-order valence-corrected chi connectivity index (χ3v) is 4.85. The average molecular weight is 380 g/mol. The summed E-state index contributed by atoms with van der Waals surface area (Å²) in [5, 5.41) is 11.1. The lowest BCUT2D eigenvalue weighted by Crippen LogP contribution is -2.06. The zero-order chi connectivity index (χ0) is 19.0. The summed E-state index contributed by atoms with van der Waals surface area (Å²) in [6, 6.07) is 11.7. The average Bonchev–Trinajstić information content (AvgIpc) is 3.09. The van der Waals surface area contributed by atoms with E-state index in [2.05, 4.69) is 9.98 Å². The van der Waals surface area contributed by atoms with E-state index in [1.165, 1.54) is 24.7 Å². The number of aliphatic imine (C=N–C) groups is 1. The Bertz CT molecular complexity index is 1270. The minimum Gasteiger partial charge on any atom is -0.506 e. The number of aromatic nitrogens is 1. The molecule has 4 rings (SSSR count). The molecule has 0 amide bonds. The molecule has 2 heterocycles. The summed E-state index contributed by atoms with van der Waals surface area (Å²) < 4.78 is 10.7. The fraction of sp³-hybridized carbons (Fsp3) is 0.0526. The molecule has 0 unspecified atom stereocenters. The van der Waals surface area contributed by atoms with Gasteiger partial charge in [0.1, 0.15) is 16.9 Å². The molecule has 4 aromatic rings. The van der Waals surface area contributed by atoms with Crippen molar-refractivity contribution in [2.75, 3.05) is 7.11 Å². The van der Waals surface area contributed by atoms with Crippen LogP contribution in [0, 0.1) is 0 Å². The van der Waals surface area contributed by atoms with Crippen LogP contribution in [0.4, 0.5) is 5.13 Å². The highest BCUT2D eigenvalue weighted by Crippen LogP contribution is 2.30. The molecular formula is C19H12N2O5S. The number of hydrogen-bond donors (Lipinski definition) is 1. The van der Waals surface area contributed by atoms with Crippen LogP contribution in [0.25, 0.3) is 21.2 Å². The van der Waals surface area contributed by atoms with Crippen LogP contribution < -0.4 is 5.63 Å². The van der Waals surface area contributed by atoms with E-state index >= 15 is 0 Å². The number of esters is 1. The Labute approximate surface area is 156 Å². The van der Waals surface area contributed by atoms with E-state index in [1.807, 2.05) is 0 Å². The third kappa shape index (κ3) is 3.06. The summed E-state index contributed by atoms with van der Waals surface area (Å²) in [4.78, 5) is 32.2. The highest BCUT2D eigenvalue weighted by Gasteiger charge is 2.13. The highest BCUT2D eigenvalue weighted by molar-refractivity contribution is 7.22. The van der Waals surface area contributed by atoms with Gasteiger partial charge in [-0.25, -0.2) is 19.6 Å². The van der Waals surface area contributed by atoms with Crippen LogP contribution in [-0.2, 0) is 4.74 Å². The monoisotopic (exact) mass is 380 g/mol. The maximum atomic E-state index is 12.1. The van der Waals surface area contributed by atoms with Gasteiger partial charge in [-0.05, 0) is 30.3 Å². The number of aromatic hydroxyl groups is 1. The molecular weight excluding hydrogens is 368 g/mol. The minimum atomic E-state index is -0.691. The zero-order valence-corrected chi connectivity index (χ0v) is 14.8. The number of carbonyl (C=O) groups excluding carboxylic acids is 1. The number of para-hydroxylation sites is 1. The van der Waals surface area contributed by atoms with Gasteiger partial charge in [0, 0.05) is 6.21 Å². The molecule has 0 spiro atoms. The van der Waals surface area contributed by atoms with Crippen molar-refractivity contribution in [3.63, 3.8) is 0 Å². The normalized spacial score (nSPS) is 11.4. The van der Waals surface area contributed by atoms with E-state index in [9.17, 15) is 14.7 Å². The smallest absolute Gasteiger partial charge is 0.348 e. The first-order valence-corrected chi connectivity index (χ1v) is 8.66. The van der Waals surface area contributed by atoms with Gasteiger partial charge in [0.2, 0.25) is 5.13 Å². The lowest BCUT2D eigenvalue weighted by Gasteiger charge is -2.01. The van der Waals surface area contributed by atoms with Crippen molar-refractivity contribution in [3.8, 4) is 5.75 Å². The number of hydrogen-bond acceptors (Lipinski definition) is 8. The summed E-state index contributed by atoms with van der Waals surface area (Å²) in [7, 11) is 1.32. The molecule has 1 N–H and O–H groups in total. The van der Waals surface area contributed by atoms with Crippen molar-refractivity contribution in [1.82, 2.24) is 4.98 Å². The fourth-order valence-corrected chi connectivity index (χ4v) is 3.44. The first-order valence-electron chi connectivity index (χ1n) is 7.84. The lowest BCUT2D eigenvalue weighted by atomic mass is 10.1. The number of thiazole rings is 1. The van der Waals surface area contributed by atoms with E-state index < -0.39 is 11.6 Å². The van der Waals surface area contributed by atoms with Gasteiger partial charge in [0.25, 0.3) is 0 Å². The van der Waals surface area contributed by atoms with Gasteiger partial charge in [0.05, 0.1) is 28.3 Å². The van der Waals surface area contributed by atoms with Gasteiger partial charge in [0.15, 0.2) is 0 Å². The minimum absolute atomic E-state index is 0.0526. The number of ether oxygens (including phenoxy) is 1. The standard InChI is InChI=1S/C19H12N2O5S/c1-25-17(23)10-6-7-13-15(8-10)27-19(21-13)20-9-12-16(22)11-4-2-3-5-14(11)26-18(12)24/h2-9,22H,1H3/b20-9+. The predicted molar refractivity (Wildman–Crippen MR) is 102 cm³/mol. The van der Waals surface area contributed by atoms with Crippen molar-refractivity contribution >= 4 is 49.8 Å². The predicted octanol–water partition coefficient (Wildman–Crippen LogP) is 3.65. The maximum Gasteiger partial charge on any atom is 0.348 e. The number of rotatable bonds is 3. The van der Waals surface area contributed by atoms with Gasteiger partial charge >= 0.3 is 11.6 Å². The maximum absolute atomic E-state index is 12.1. The second-order valence-electron chi connectivity index (χ2n) is 5.58. The van der Waals surface area contributed by atoms with E-state index in [0.717, 1.165) is 4.70 Å². The molecule has 0 aliphatic rings. The number of benzene rings is 2. The number of fused-ring (bicyclic) bond motifs is 2. The van der Waals surface area contributed by atoms with Gasteiger partial charge in [-0.1, -0.05) is 23.5 Å². The summed E-state index contributed by atoms with van der Waals surface area (Å²) >= 11 is 1.24. The van der Waals surface area contributed by atoms with Crippen molar-refractivity contribution in [2.24, 2.45) is 4.99 Å². The first-order chi connectivity index (χ1) is 13.1. The summed E-state index contributed by atoms with van der Waals surface area (Å²) in [6.07, 6.45) is 1.23. The van der Waals surface area contributed by atoms with Gasteiger partial charge < -0.3 is 14.3 Å². The Morgan fingerprint density at radius 2 is 2.11 bits per heavy atom. The number of nitrogens with zero attached hydrogens (tertiary/aromatic N) is 2. The molecule has 2 aromatic heterocycles. The molecule has 0 saturated carbocycles. The summed E-state index contributed by atoms with van der Waals surface area (Å²) in [6.45, 7) is 0. The van der Waals surface area contributed by atoms with E-state index in [-0.39, 0.29) is 11.3 Å². The molecule has 8 heteroatoms. The molecule has 0 aliphatic carbocycles. The van der Waals surface area contributed by atoms with Crippen LogP contribution in [0.2, 0.25) is 0 Å². The number of carbonyl (C=O) groups is 1. The molecule has 0 fully saturated rings. The van der Waals surface area contributed by atoms with Crippen molar-refractivity contribution in [3.05, 3.63) is 64.0 Å². The quantitative estimate of drug-likeness (QED) is 0.331. The zero-order valence-electron chi connectivity index (χ0n) is 14.0. The van der Waals surface area contributed by atoms with Crippen LogP contribution in [0.15, 0.2) is 56.7 Å². The lowest BCUT2D eigenvalue weighted by molar-refractivity contribution is 0.0601. The van der Waals surface area contributed by atoms with Crippen LogP contribution >= 0.6 is 11.3 Å². The molecule has 0 aliphatic heterocycles. The molecule has 27 heavy (non-hydrogen) atoms. The van der Waals surface area contributed by atoms with E-state index in [1.54, 1.807) is 42.5 Å². The Morgan fingerprint density at radius 3 is 2.93 bits per heavy atom. The van der Waals surface area contributed by atoms with Crippen LogP contribution in [0.1, 0.15) is 15.9 Å². The van der Waals surface area contributed by atoms with Crippen molar-refractivity contribution in [2.45, 2.75) is 0 Å². The highest BCUT2D eigenvalue weighted by atomic mass is 32.1. The van der Waals surface area contributed by atoms with Gasteiger partial charge in [-0.2, -0.15) is 0 Å². The Balaban J connectivity index is 1.74. The van der Waals surface area contributed by atoms with E-state index in [4.69, 9.17) is 9.15 Å². The molecule has 7 nitrogen and oxygen atoms in total. The largest absolute Gasteiger partial charge is 0.506 e. The molecule has 2 aromatic carbocycles. The van der Waals surface area contributed by atoms with Gasteiger partial charge in [-0.15, -0.1) is 0 Å². The number of methoxy groups -OCH3 is 1. The SMILES string of the molecule is COC(=O)c1ccc2nc(/N=C/c3c(O)c4ccccc4oc3=O)sc2c1. The van der Waals surface area contributed by atoms with E-state index in [0.29, 0.717) is 27.2 Å². The summed E-state index contributed by atoms with van der Waals surface area (Å²) in [5.41, 5.74) is 0.631. The topological polar surface area (TPSA) is 102 Å². The van der Waals surface area contributed by atoms with Crippen LogP contribution in [0.5, 0.6) is 5.75 Å². The van der Waals surface area contributed by atoms with Gasteiger partial charge in [-0.3, -0.25) is 0 Å². The first kappa shape index (κ1) is 16.9. The van der Waals surface area contributed by atoms with Crippen molar-refractivity contribution < 1.29 is 19.1 Å². The molecule has 134 valence electrons. The molecule has 0 atom stereocenters. The van der Waals surface area contributed by atoms with Crippen LogP contribution in [0.3, 0.4) is 0 Å². The third-order valence-electron chi connectivity index (χ3n) is 3.92. The molecule has 0 radical (unpaired) electrons.